The standard InChI is InChI=1S/C17H21ClN2O4S3/c1-20(14-5-3-2-4-6-14)27(23,24)15-9-7-13(8-10-15)19-26(21,22)17-12-11-16(18)25-17/h7-12,14,19H,2-6H2,1H3. The van der Waals surface area contributed by atoms with E-state index in [1.165, 1.54) is 40.7 Å². The Bertz CT molecular complexity index is 995. The minimum atomic E-state index is -3.75. The van der Waals surface area contributed by atoms with Crippen molar-refractivity contribution in [2.24, 2.45) is 0 Å². The van der Waals surface area contributed by atoms with Crippen molar-refractivity contribution in [1.29, 1.82) is 0 Å². The van der Waals surface area contributed by atoms with Crippen LogP contribution in [0.25, 0.3) is 0 Å². The summed E-state index contributed by atoms with van der Waals surface area (Å²) in [6.45, 7) is 0. The van der Waals surface area contributed by atoms with Gasteiger partial charge < -0.3 is 0 Å². The van der Waals surface area contributed by atoms with Crippen LogP contribution in [0, 0.1) is 0 Å². The first-order valence-electron chi connectivity index (χ1n) is 8.56. The number of thiophene rings is 1. The fraction of sp³-hybridized carbons (Fsp3) is 0.412. The lowest BCUT2D eigenvalue weighted by atomic mass is 9.96. The Balaban J connectivity index is 1.76. The van der Waals surface area contributed by atoms with E-state index >= 15 is 0 Å². The molecule has 6 nitrogen and oxygen atoms in total. The molecule has 0 radical (unpaired) electrons. The summed E-state index contributed by atoms with van der Waals surface area (Å²) in [5, 5.41) is 0. The normalized spacial score (nSPS) is 16.6. The molecule has 1 aromatic carbocycles. The third-order valence-corrected chi connectivity index (χ3v) is 9.71. The highest BCUT2D eigenvalue weighted by atomic mass is 35.5. The van der Waals surface area contributed by atoms with E-state index in [0.29, 0.717) is 10.0 Å². The molecule has 0 amide bonds. The van der Waals surface area contributed by atoms with Gasteiger partial charge in [-0.05, 0) is 49.2 Å². The van der Waals surface area contributed by atoms with Gasteiger partial charge in [0.25, 0.3) is 10.0 Å². The summed E-state index contributed by atoms with van der Waals surface area (Å²) in [6, 6.07) is 8.71. The number of nitrogens with one attached hydrogen (secondary N) is 1. The van der Waals surface area contributed by atoms with E-state index in [9.17, 15) is 16.8 Å². The lowest BCUT2D eigenvalue weighted by molar-refractivity contribution is 0.286. The number of hydrogen-bond acceptors (Lipinski definition) is 5. The molecule has 1 heterocycles. The first-order valence-corrected chi connectivity index (χ1v) is 12.7. The number of nitrogens with zero attached hydrogens (tertiary/aromatic N) is 1. The first-order chi connectivity index (χ1) is 12.7. The van der Waals surface area contributed by atoms with Crippen LogP contribution in [0.15, 0.2) is 45.5 Å². The van der Waals surface area contributed by atoms with Crippen molar-refractivity contribution in [3.8, 4) is 0 Å². The van der Waals surface area contributed by atoms with E-state index < -0.39 is 20.0 Å². The quantitative estimate of drug-likeness (QED) is 0.719. The lowest BCUT2D eigenvalue weighted by Crippen LogP contribution is -2.38. The molecule has 2 aromatic rings. The summed E-state index contributed by atoms with van der Waals surface area (Å²) in [7, 11) is -5.74. The molecule has 1 N–H and O–H groups in total. The van der Waals surface area contributed by atoms with Gasteiger partial charge in [-0.3, -0.25) is 4.72 Å². The van der Waals surface area contributed by atoms with Gasteiger partial charge in [-0.15, -0.1) is 11.3 Å². The van der Waals surface area contributed by atoms with Gasteiger partial charge in [-0.2, -0.15) is 4.31 Å². The van der Waals surface area contributed by atoms with E-state index in [0.717, 1.165) is 43.4 Å². The van der Waals surface area contributed by atoms with E-state index in [1.807, 2.05) is 0 Å². The van der Waals surface area contributed by atoms with Gasteiger partial charge >= 0.3 is 0 Å². The molecule has 0 saturated heterocycles. The van der Waals surface area contributed by atoms with Crippen LogP contribution in [0.1, 0.15) is 32.1 Å². The molecule has 0 bridgehead atoms. The van der Waals surface area contributed by atoms with Gasteiger partial charge in [-0.1, -0.05) is 30.9 Å². The molecule has 148 valence electrons. The predicted octanol–water partition coefficient (Wildman–Crippen LogP) is 4.16. The molecule has 27 heavy (non-hydrogen) atoms. The van der Waals surface area contributed by atoms with Gasteiger partial charge in [0.2, 0.25) is 10.0 Å². The highest BCUT2D eigenvalue weighted by Gasteiger charge is 2.29. The Morgan fingerprint density at radius 1 is 1.00 bits per heavy atom. The van der Waals surface area contributed by atoms with Crippen LogP contribution in [0.2, 0.25) is 4.34 Å². The Morgan fingerprint density at radius 2 is 1.63 bits per heavy atom. The zero-order valence-corrected chi connectivity index (χ0v) is 18.0. The molecule has 0 aliphatic heterocycles. The Hall–Kier alpha value is -1.13. The maximum atomic E-state index is 12.8. The van der Waals surface area contributed by atoms with Crippen LogP contribution in [0.4, 0.5) is 5.69 Å². The number of rotatable bonds is 6. The minimum Gasteiger partial charge on any atom is -0.279 e. The van der Waals surface area contributed by atoms with Crippen molar-refractivity contribution in [1.82, 2.24) is 4.31 Å². The molecule has 1 aliphatic carbocycles. The topological polar surface area (TPSA) is 83.6 Å². The molecule has 1 fully saturated rings. The van der Waals surface area contributed by atoms with Crippen molar-refractivity contribution in [2.45, 2.75) is 47.3 Å². The van der Waals surface area contributed by atoms with Crippen molar-refractivity contribution in [3.63, 3.8) is 0 Å². The summed E-state index contributed by atoms with van der Waals surface area (Å²) in [4.78, 5) is 0.151. The largest absolute Gasteiger partial charge is 0.279 e. The zero-order chi connectivity index (χ0) is 19.7. The van der Waals surface area contributed by atoms with E-state index in [2.05, 4.69) is 4.72 Å². The second-order valence-corrected chi connectivity index (χ2v) is 12.1. The number of hydrogen-bond donors (Lipinski definition) is 1. The third kappa shape index (κ3) is 4.65. The van der Waals surface area contributed by atoms with Gasteiger partial charge in [0, 0.05) is 18.8 Å². The van der Waals surface area contributed by atoms with Crippen molar-refractivity contribution >= 4 is 48.7 Å². The van der Waals surface area contributed by atoms with Gasteiger partial charge in [0.05, 0.1) is 9.23 Å². The second kappa shape index (κ2) is 8.08. The summed E-state index contributed by atoms with van der Waals surface area (Å²) in [5.41, 5.74) is 0.291. The highest BCUT2D eigenvalue weighted by Crippen LogP contribution is 2.29. The molecule has 1 aliphatic rings. The lowest BCUT2D eigenvalue weighted by Gasteiger charge is -2.30. The van der Waals surface area contributed by atoms with Crippen molar-refractivity contribution in [2.75, 3.05) is 11.8 Å². The number of halogens is 1. The van der Waals surface area contributed by atoms with Gasteiger partial charge in [0.15, 0.2) is 0 Å². The summed E-state index contributed by atoms with van der Waals surface area (Å²) < 4.78 is 54.7. The van der Waals surface area contributed by atoms with Gasteiger partial charge in [-0.25, -0.2) is 16.8 Å². The summed E-state index contributed by atoms with van der Waals surface area (Å²) >= 11 is 6.74. The molecule has 0 atom stereocenters. The summed E-state index contributed by atoms with van der Waals surface area (Å²) in [5.74, 6) is 0. The van der Waals surface area contributed by atoms with Crippen LogP contribution in [0.3, 0.4) is 0 Å². The molecular weight excluding hydrogens is 428 g/mol. The van der Waals surface area contributed by atoms with Gasteiger partial charge in [0.1, 0.15) is 4.21 Å². The molecule has 1 aromatic heterocycles. The molecule has 3 rings (SSSR count). The number of anilines is 1. The predicted molar refractivity (Wildman–Crippen MR) is 108 cm³/mol. The fourth-order valence-electron chi connectivity index (χ4n) is 3.15. The Kier molecular flexibility index (Phi) is 6.17. The monoisotopic (exact) mass is 448 g/mol. The maximum absolute atomic E-state index is 12.8. The van der Waals surface area contributed by atoms with E-state index in [1.54, 1.807) is 7.05 Å². The van der Waals surface area contributed by atoms with Crippen molar-refractivity contribution < 1.29 is 16.8 Å². The number of sulfonamides is 2. The van der Waals surface area contributed by atoms with Crippen LogP contribution in [0.5, 0.6) is 0 Å². The van der Waals surface area contributed by atoms with E-state index in [-0.39, 0.29) is 15.1 Å². The smallest absolute Gasteiger partial charge is 0.271 e. The first kappa shape index (κ1) is 20.6. The Labute approximate surface area is 169 Å². The second-order valence-electron chi connectivity index (χ2n) is 6.50. The minimum absolute atomic E-state index is 0.0190. The maximum Gasteiger partial charge on any atom is 0.271 e. The Morgan fingerprint density at radius 3 is 2.19 bits per heavy atom. The van der Waals surface area contributed by atoms with Crippen LogP contribution >= 0.6 is 22.9 Å². The average molecular weight is 449 g/mol. The SMILES string of the molecule is CN(C1CCCCC1)S(=O)(=O)c1ccc(NS(=O)(=O)c2ccc(Cl)s2)cc1. The molecule has 0 spiro atoms. The summed E-state index contributed by atoms with van der Waals surface area (Å²) in [6.07, 6.45) is 4.97. The molecular formula is C17H21ClN2O4S3. The molecule has 1 saturated carbocycles. The fourth-order valence-corrected chi connectivity index (χ4v) is 7.11. The third-order valence-electron chi connectivity index (χ3n) is 4.69. The van der Waals surface area contributed by atoms with Crippen molar-refractivity contribution in [3.05, 3.63) is 40.7 Å². The molecule has 10 heteroatoms. The molecule has 0 unspecified atom stereocenters. The van der Waals surface area contributed by atoms with Crippen LogP contribution < -0.4 is 4.72 Å². The number of benzene rings is 1. The van der Waals surface area contributed by atoms with Crippen LogP contribution in [-0.2, 0) is 20.0 Å². The highest BCUT2D eigenvalue weighted by molar-refractivity contribution is 7.94. The van der Waals surface area contributed by atoms with E-state index in [4.69, 9.17) is 11.6 Å². The zero-order valence-electron chi connectivity index (χ0n) is 14.8. The average Bonchev–Trinajstić information content (AvgIpc) is 3.09. The van der Waals surface area contributed by atoms with Crippen LogP contribution in [-0.4, -0.2) is 34.2 Å².